The van der Waals surface area contributed by atoms with Crippen molar-refractivity contribution < 1.29 is 9.53 Å². The van der Waals surface area contributed by atoms with Gasteiger partial charge in [0, 0.05) is 25.9 Å². The lowest BCUT2D eigenvalue weighted by atomic mass is 10.0. The summed E-state index contributed by atoms with van der Waals surface area (Å²) in [6.45, 7) is 5.90. The number of ether oxygens (including phenoxy) is 1. The first-order valence-electron chi connectivity index (χ1n) is 6.29. The van der Waals surface area contributed by atoms with E-state index in [0.29, 0.717) is 24.5 Å². The van der Waals surface area contributed by atoms with Gasteiger partial charge in [-0.2, -0.15) is 5.10 Å². The molecule has 1 aromatic heterocycles. The minimum Gasteiger partial charge on any atom is -0.396 e. The normalized spacial score (nSPS) is 23.2. The van der Waals surface area contributed by atoms with Crippen molar-refractivity contribution in [2.75, 3.05) is 18.9 Å². The number of carbonyl (C=O) groups excluding carboxylic acids is 1. The van der Waals surface area contributed by atoms with E-state index in [1.54, 1.807) is 10.9 Å². The van der Waals surface area contributed by atoms with Gasteiger partial charge in [-0.15, -0.1) is 0 Å². The van der Waals surface area contributed by atoms with Crippen LogP contribution in [0.4, 0.5) is 5.69 Å². The topological polar surface area (TPSA) is 82.2 Å². The maximum absolute atomic E-state index is 12.0. The Hall–Kier alpha value is -1.56. The van der Waals surface area contributed by atoms with Crippen molar-refractivity contribution in [3.05, 3.63) is 11.9 Å². The number of aromatic nitrogens is 2. The van der Waals surface area contributed by atoms with Crippen LogP contribution in [0, 0.1) is 0 Å². The van der Waals surface area contributed by atoms with Crippen molar-refractivity contribution >= 4 is 11.6 Å². The first kappa shape index (κ1) is 12.9. The molecule has 18 heavy (non-hydrogen) atoms. The molecule has 0 saturated carbocycles. The fourth-order valence-electron chi connectivity index (χ4n) is 2.10. The molecule has 0 aliphatic carbocycles. The molecule has 1 amide bonds. The Morgan fingerprint density at radius 3 is 3.06 bits per heavy atom. The van der Waals surface area contributed by atoms with E-state index in [1.165, 1.54) is 0 Å². The maximum atomic E-state index is 12.0. The van der Waals surface area contributed by atoms with Gasteiger partial charge >= 0.3 is 0 Å². The quantitative estimate of drug-likeness (QED) is 0.829. The molecule has 2 heterocycles. The van der Waals surface area contributed by atoms with E-state index in [-0.39, 0.29) is 11.5 Å². The van der Waals surface area contributed by atoms with E-state index in [4.69, 9.17) is 10.5 Å². The fourth-order valence-corrected chi connectivity index (χ4v) is 2.10. The smallest absolute Gasteiger partial charge is 0.274 e. The predicted octanol–water partition coefficient (Wildman–Crippen LogP) is 0.784. The Morgan fingerprint density at radius 2 is 2.50 bits per heavy atom. The van der Waals surface area contributed by atoms with Crippen LogP contribution < -0.4 is 11.1 Å². The van der Waals surface area contributed by atoms with Crippen molar-refractivity contribution in [3.63, 3.8) is 0 Å². The fraction of sp³-hybridized carbons (Fsp3) is 0.667. The van der Waals surface area contributed by atoms with Crippen LogP contribution in [0.15, 0.2) is 6.20 Å². The van der Waals surface area contributed by atoms with Crippen molar-refractivity contribution in [1.82, 2.24) is 15.1 Å². The van der Waals surface area contributed by atoms with Gasteiger partial charge in [-0.3, -0.25) is 9.48 Å². The average Bonchev–Trinajstić information content (AvgIpc) is 2.93. The number of hydrogen-bond donors (Lipinski definition) is 2. The molecule has 1 unspecified atom stereocenters. The molecule has 0 bridgehead atoms. The van der Waals surface area contributed by atoms with Gasteiger partial charge in [0.1, 0.15) is 0 Å². The summed E-state index contributed by atoms with van der Waals surface area (Å²) in [5.41, 5.74) is 6.21. The highest BCUT2D eigenvalue weighted by Gasteiger charge is 2.30. The molecule has 0 spiro atoms. The van der Waals surface area contributed by atoms with Gasteiger partial charge in [-0.05, 0) is 26.7 Å². The van der Waals surface area contributed by atoms with Crippen LogP contribution in [-0.4, -0.2) is 34.4 Å². The SMILES string of the molecule is CCn1cc(N)c(C(=O)NCC2(C)CCCO2)n1. The third kappa shape index (κ3) is 2.64. The first-order valence-corrected chi connectivity index (χ1v) is 6.29. The van der Waals surface area contributed by atoms with Crippen LogP contribution >= 0.6 is 0 Å². The second-order valence-corrected chi connectivity index (χ2v) is 4.87. The molecule has 1 aliphatic heterocycles. The third-order valence-electron chi connectivity index (χ3n) is 3.25. The lowest BCUT2D eigenvalue weighted by Crippen LogP contribution is -2.40. The van der Waals surface area contributed by atoms with Gasteiger partial charge in [0.05, 0.1) is 11.3 Å². The summed E-state index contributed by atoms with van der Waals surface area (Å²) >= 11 is 0. The van der Waals surface area contributed by atoms with Crippen LogP contribution in [0.2, 0.25) is 0 Å². The summed E-state index contributed by atoms with van der Waals surface area (Å²) in [6, 6.07) is 0. The third-order valence-corrected chi connectivity index (χ3v) is 3.25. The molecule has 6 nitrogen and oxygen atoms in total. The highest BCUT2D eigenvalue weighted by Crippen LogP contribution is 2.24. The van der Waals surface area contributed by atoms with Crippen LogP contribution in [0.1, 0.15) is 37.2 Å². The summed E-state index contributed by atoms with van der Waals surface area (Å²) in [5.74, 6) is -0.239. The standard InChI is InChI=1S/C12H20N4O2/c1-3-16-7-9(13)10(15-16)11(17)14-8-12(2)5-4-6-18-12/h7H,3-6,8,13H2,1-2H3,(H,14,17). The first-order chi connectivity index (χ1) is 8.54. The number of nitrogens with two attached hydrogens (primary N) is 1. The van der Waals surface area contributed by atoms with Gasteiger partial charge < -0.3 is 15.8 Å². The van der Waals surface area contributed by atoms with Crippen LogP contribution in [0.25, 0.3) is 0 Å². The van der Waals surface area contributed by atoms with Crippen molar-refractivity contribution in [2.45, 2.75) is 38.8 Å². The lowest BCUT2D eigenvalue weighted by molar-refractivity contribution is 0.0205. The molecule has 0 radical (unpaired) electrons. The molecule has 1 atom stereocenters. The summed E-state index contributed by atoms with van der Waals surface area (Å²) in [5, 5.41) is 6.97. The minimum absolute atomic E-state index is 0.239. The number of rotatable bonds is 4. The molecular formula is C12H20N4O2. The molecule has 1 aliphatic rings. The molecule has 1 fully saturated rings. The zero-order chi connectivity index (χ0) is 13.2. The Bertz CT molecular complexity index is 435. The van der Waals surface area contributed by atoms with E-state index < -0.39 is 0 Å². The van der Waals surface area contributed by atoms with E-state index in [0.717, 1.165) is 19.4 Å². The number of aryl methyl sites for hydroxylation is 1. The van der Waals surface area contributed by atoms with Crippen LogP contribution in [0.5, 0.6) is 0 Å². The Morgan fingerprint density at radius 1 is 1.72 bits per heavy atom. The van der Waals surface area contributed by atoms with Crippen molar-refractivity contribution in [1.29, 1.82) is 0 Å². The Labute approximate surface area is 106 Å². The van der Waals surface area contributed by atoms with Gasteiger partial charge in [0.25, 0.3) is 5.91 Å². The lowest BCUT2D eigenvalue weighted by Gasteiger charge is -2.23. The Balaban J connectivity index is 1.96. The summed E-state index contributed by atoms with van der Waals surface area (Å²) in [6.07, 6.45) is 3.67. The minimum atomic E-state index is -0.252. The zero-order valence-electron chi connectivity index (χ0n) is 10.9. The molecule has 100 valence electrons. The van der Waals surface area contributed by atoms with Crippen molar-refractivity contribution in [2.24, 2.45) is 0 Å². The maximum Gasteiger partial charge on any atom is 0.274 e. The number of nitrogens with zero attached hydrogens (tertiary/aromatic N) is 2. The molecule has 6 heteroatoms. The number of anilines is 1. The number of amides is 1. The zero-order valence-corrected chi connectivity index (χ0v) is 10.9. The van der Waals surface area contributed by atoms with E-state index in [1.807, 2.05) is 13.8 Å². The average molecular weight is 252 g/mol. The number of hydrogen-bond acceptors (Lipinski definition) is 4. The highest BCUT2D eigenvalue weighted by molar-refractivity contribution is 5.97. The summed E-state index contributed by atoms with van der Waals surface area (Å²) in [7, 11) is 0. The number of nitrogens with one attached hydrogen (secondary N) is 1. The predicted molar refractivity (Wildman–Crippen MR) is 68.2 cm³/mol. The van der Waals surface area contributed by atoms with E-state index >= 15 is 0 Å². The monoisotopic (exact) mass is 252 g/mol. The molecule has 1 aromatic rings. The van der Waals surface area contributed by atoms with Crippen molar-refractivity contribution in [3.8, 4) is 0 Å². The second kappa shape index (κ2) is 4.97. The molecule has 2 rings (SSSR count). The highest BCUT2D eigenvalue weighted by atomic mass is 16.5. The van der Waals surface area contributed by atoms with Crippen LogP contribution in [0.3, 0.4) is 0 Å². The summed E-state index contributed by atoms with van der Waals surface area (Å²) < 4.78 is 7.26. The van der Waals surface area contributed by atoms with Gasteiger partial charge in [-0.25, -0.2) is 0 Å². The molecule has 3 N–H and O–H groups in total. The second-order valence-electron chi connectivity index (χ2n) is 4.87. The van der Waals surface area contributed by atoms with Gasteiger partial charge in [0.2, 0.25) is 0 Å². The van der Waals surface area contributed by atoms with Crippen LogP contribution in [-0.2, 0) is 11.3 Å². The number of nitrogen functional groups attached to an aromatic ring is 1. The number of carbonyl (C=O) groups is 1. The van der Waals surface area contributed by atoms with Gasteiger partial charge in [0.15, 0.2) is 5.69 Å². The molecule has 1 saturated heterocycles. The van der Waals surface area contributed by atoms with E-state index in [2.05, 4.69) is 10.4 Å². The Kier molecular flexibility index (Phi) is 3.56. The molecular weight excluding hydrogens is 232 g/mol. The van der Waals surface area contributed by atoms with Gasteiger partial charge in [-0.1, -0.05) is 0 Å². The molecule has 0 aromatic carbocycles. The van der Waals surface area contributed by atoms with E-state index in [9.17, 15) is 4.79 Å². The summed E-state index contributed by atoms with van der Waals surface area (Å²) in [4.78, 5) is 12.0. The largest absolute Gasteiger partial charge is 0.396 e.